The maximum atomic E-state index is 13.5. The second kappa shape index (κ2) is 9.75. The number of pyridine rings is 1. The normalized spacial score (nSPS) is 22.0. The molecule has 0 bridgehead atoms. The van der Waals surface area contributed by atoms with Gasteiger partial charge in [0, 0.05) is 50.3 Å². The smallest absolute Gasteiger partial charge is 0.272 e. The molecule has 4 rings (SSSR count). The van der Waals surface area contributed by atoms with Crippen molar-refractivity contribution in [1.82, 2.24) is 20.1 Å². The summed E-state index contributed by atoms with van der Waals surface area (Å²) in [5.41, 5.74) is 0.459. The van der Waals surface area contributed by atoms with Gasteiger partial charge in [-0.15, -0.1) is 0 Å². The molecule has 7 heteroatoms. The van der Waals surface area contributed by atoms with Crippen LogP contribution < -0.4 is 5.32 Å². The standard InChI is InChI=1S/C24H32N4O3/c1-17(2)16-28(24(30)22-12-18-5-3-4-6-19(18)14-26-22)21-11-20(13-25-15-21)23(29)27-7-9-31-10-8-27/h3-6,12,14,17,20-21,25H,7-11,13,15-16H2,1-2H3/t20-,21+/m1/s1. The summed E-state index contributed by atoms with van der Waals surface area (Å²) >= 11 is 0. The van der Waals surface area contributed by atoms with Crippen LogP contribution in [0.5, 0.6) is 0 Å². The third kappa shape index (κ3) is 5.05. The molecule has 2 saturated heterocycles. The number of hydrogen-bond acceptors (Lipinski definition) is 5. The Morgan fingerprint density at radius 2 is 1.94 bits per heavy atom. The van der Waals surface area contributed by atoms with Gasteiger partial charge in [0.05, 0.1) is 19.1 Å². The average Bonchev–Trinajstić information content (AvgIpc) is 2.82. The van der Waals surface area contributed by atoms with E-state index in [0.29, 0.717) is 64.0 Å². The van der Waals surface area contributed by atoms with E-state index >= 15 is 0 Å². The lowest BCUT2D eigenvalue weighted by Crippen LogP contribution is -2.56. The van der Waals surface area contributed by atoms with Crippen LogP contribution in [0.15, 0.2) is 36.5 Å². The number of morpholine rings is 1. The van der Waals surface area contributed by atoms with E-state index in [2.05, 4.69) is 24.1 Å². The minimum absolute atomic E-state index is 0.0353. The number of nitrogens with zero attached hydrogens (tertiary/aromatic N) is 3. The first-order chi connectivity index (χ1) is 15.0. The summed E-state index contributed by atoms with van der Waals surface area (Å²) in [6, 6.07) is 9.77. The molecule has 1 aromatic heterocycles. The summed E-state index contributed by atoms with van der Waals surface area (Å²) in [6.45, 7) is 8.70. The SMILES string of the molecule is CC(C)CN(C(=O)c1cc2ccccc2cn1)[C@@H]1CNC[C@H](C(=O)N2CCOCC2)C1. The predicted molar refractivity (Wildman–Crippen MR) is 120 cm³/mol. The van der Waals surface area contributed by atoms with Gasteiger partial charge in [-0.2, -0.15) is 0 Å². The van der Waals surface area contributed by atoms with Crippen molar-refractivity contribution in [3.8, 4) is 0 Å². The molecule has 0 saturated carbocycles. The van der Waals surface area contributed by atoms with Crippen molar-refractivity contribution >= 4 is 22.6 Å². The molecule has 2 aromatic rings. The van der Waals surface area contributed by atoms with Crippen LogP contribution in [-0.4, -0.2) is 78.6 Å². The number of nitrogens with one attached hydrogen (secondary N) is 1. The van der Waals surface area contributed by atoms with Crippen LogP contribution in [0.4, 0.5) is 0 Å². The van der Waals surface area contributed by atoms with E-state index in [1.165, 1.54) is 0 Å². The zero-order valence-electron chi connectivity index (χ0n) is 18.4. The second-order valence-electron chi connectivity index (χ2n) is 8.95. The maximum absolute atomic E-state index is 13.5. The Morgan fingerprint density at radius 1 is 1.19 bits per heavy atom. The Bertz CT molecular complexity index is 926. The van der Waals surface area contributed by atoms with Gasteiger partial charge in [0.1, 0.15) is 5.69 Å². The van der Waals surface area contributed by atoms with Gasteiger partial charge < -0.3 is 19.9 Å². The number of piperidine rings is 1. The van der Waals surface area contributed by atoms with Crippen LogP contribution >= 0.6 is 0 Å². The van der Waals surface area contributed by atoms with E-state index in [1.54, 1.807) is 6.20 Å². The summed E-state index contributed by atoms with van der Waals surface area (Å²) in [6.07, 6.45) is 2.44. The van der Waals surface area contributed by atoms with Gasteiger partial charge >= 0.3 is 0 Å². The summed E-state index contributed by atoms with van der Waals surface area (Å²) in [5.74, 6) is 0.301. The van der Waals surface area contributed by atoms with Gasteiger partial charge in [-0.3, -0.25) is 14.6 Å². The lowest BCUT2D eigenvalue weighted by molar-refractivity contribution is -0.140. The number of carbonyl (C=O) groups excluding carboxylic acids is 2. The average molecular weight is 425 g/mol. The molecule has 7 nitrogen and oxygen atoms in total. The first kappa shape index (κ1) is 21.7. The van der Waals surface area contributed by atoms with Gasteiger partial charge in [-0.05, 0) is 23.8 Å². The zero-order chi connectivity index (χ0) is 21.8. The van der Waals surface area contributed by atoms with Crippen molar-refractivity contribution in [3.63, 3.8) is 0 Å². The fraction of sp³-hybridized carbons (Fsp3) is 0.542. The van der Waals surface area contributed by atoms with Gasteiger partial charge in [0.15, 0.2) is 0 Å². The van der Waals surface area contributed by atoms with Crippen LogP contribution in [0.3, 0.4) is 0 Å². The summed E-state index contributed by atoms with van der Waals surface area (Å²) in [7, 11) is 0. The molecular weight excluding hydrogens is 392 g/mol. The van der Waals surface area contributed by atoms with Gasteiger partial charge in [-0.1, -0.05) is 38.1 Å². The van der Waals surface area contributed by atoms with Crippen molar-refractivity contribution in [1.29, 1.82) is 0 Å². The van der Waals surface area contributed by atoms with Crippen molar-refractivity contribution in [2.45, 2.75) is 26.3 Å². The minimum Gasteiger partial charge on any atom is -0.378 e. The zero-order valence-corrected chi connectivity index (χ0v) is 18.4. The lowest BCUT2D eigenvalue weighted by atomic mass is 9.92. The minimum atomic E-state index is -0.121. The number of amides is 2. The molecule has 0 unspecified atom stereocenters. The van der Waals surface area contributed by atoms with E-state index in [0.717, 1.165) is 10.8 Å². The highest BCUT2D eigenvalue weighted by Gasteiger charge is 2.35. The topological polar surface area (TPSA) is 74.8 Å². The fourth-order valence-electron chi connectivity index (χ4n) is 4.53. The number of ether oxygens (including phenoxy) is 1. The molecule has 2 aliphatic rings. The summed E-state index contributed by atoms with van der Waals surface area (Å²) < 4.78 is 5.38. The summed E-state index contributed by atoms with van der Waals surface area (Å²) in [4.78, 5) is 34.9. The highest BCUT2D eigenvalue weighted by molar-refractivity contribution is 5.96. The predicted octanol–water partition coefficient (Wildman–Crippen LogP) is 2.17. The Balaban J connectivity index is 1.53. The molecule has 3 heterocycles. The summed E-state index contributed by atoms with van der Waals surface area (Å²) in [5, 5.41) is 5.43. The van der Waals surface area contributed by atoms with Crippen molar-refractivity contribution in [3.05, 3.63) is 42.2 Å². The third-order valence-corrected chi connectivity index (χ3v) is 6.11. The van der Waals surface area contributed by atoms with Gasteiger partial charge in [0.2, 0.25) is 5.91 Å². The molecule has 0 aliphatic carbocycles. The van der Waals surface area contributed by atoms with Crippen LogP contribution in [0, 0.1) is 11.8 Å². The maximum Gasteiger partial charge on any atom is 0.272 e. The van der Waals surface area contributed by atoms with E-state index in [9.17, 15) is 9.59 Å². The fourth-order valence-corrected chi connectivity index (χ4v) is 4.53. The van der Waals surface area contributed by atoms with Crippen LogP contribution in [-0.2, 0) is 9.53 Å². The Hall–Kier alpha value is -2.51. The highest BCUT2D eigenvalue weighted by Crippen LogP contribution is 2.23. The first-order valence-corrected chi connectivity index (χ1v) is 11.3. The van der Waals surface area contributed by atoms with Gasteiger partial charge in [0.25, 0.3) is 5.91 Å². The third-order valence-electron chi connectivity index (χ3n) is 6.11. The Kier molecular flexibility index (Phi) is 6.83. The largest absolute Gasteiger partial charge is 0.378 e. The number of carbonyl (C=O) groups is 2. The molecule has 166 valence electrons. The number of aromatic nitrogens is 1. The molecular formula is C24H32N4O3. The highest BCUT2D eigenvalue weighted by atomic mass is 16.5. The number of rotatable bonds is 5. The molecule has 2 aliphatic heterocycles. The first-order valence-electron chi connectivity index (χ1n) is 11.3. The molecule has 0 spiro atoms. The molecule has 2 atom stereocenters. The molecule has 2 amide bonds. The van der Waals surface area contributed by atoms with Crippen molar-refractivity contribution in [2.24, 2.45) is 11.8 Å². The quantitative estimate of drug-likeness (QED) is 0.796. The van der Waals surface area contributed by atoms with E-state index in [1.807, 2.05) is 40.1 Å². The molecule has 31 heavy (non-hydrogen) atoms. The van der Waals surface area contributed by atoms with Crippen molar-refractivity contribution in [2.75, 3.05) is 45.9 Å². The van der Waals surface area contributed by atoms with Crippen LogP contribution in [0.2, 0.25) is 0 Å². The van der Waals surface area contributed by atoms with Crippen LogP contribution in [0.25, 0.3) is 10.8 Å². The molecule has 0 radical (unpaired) electrons. The molecule has 1 N–H and O–H groups in total. The lowest BCUT2D eigenvalue weighted by Gasteiger charge is -2.40. The Labute approximate surface area is 183 Å². The second-order valence-corrected chi connectivity index (χ2v) is 8.95. The number of benzene rings is 1. The van der Waals surface area contributed by atoms with E-state index in [4.69, 9.17) is 4.74 Å². The number of hydrogen-bond donors (Lipinski definition) is 1. The Morgan fingerprint density at radius 3 is 2.68 bits per heavy atom. The molecule has 2 fully saturated rings. The van der Waals surface area contributed by atoms with Crippen LogP contribution in [0.1, 0.15) is 30.8 Å². The van der Waals surface area contributed by atoms with E-state index in [-0.39, 0.29) is 23.8 Å². The van der Waals surface area contributed by atoms with Crippen molar-refractivity contribution < 1.29 is 14.3 Å². The monoisotopic (exact) mass is 424 g/mol. The molecule has 1 aromatic carbocycles. The van der Waals surface area contributed by atoms with Gasteiger partial charge in [-0.25, -0.2) is 0 Å². The van der Waals surface area contributed by atoms with E-state index < -0.39 is 0 Å². The number of fused-ring (bicyclic) bond motifs is 1.